The Labute approximate surface area is 58.2 Å². The second-order valence-electron chi connectivity index (χ2n) is 2.43. The maximum atomic E-state index is 11.6. The summed E-state index contributed by atoms with van der Waals surface area (Å²) in [6.45, 7) is 9.68. The van der Waals surface area contributed by atoms with Crippen LogP contribution in [0.3, 0.4) is 0 Å². The zero-order valence-electron chi connectivity index (χ0n) is 6.55. The van der Waals surface area contributed by atoms with Crippen molar-refractivity contribution in [2.24, 2.45) is 0 Å². The highest BCUT2D eigenvalue weighted by Crippen LogP contribution is 2.49. The van der Waals surface area contributed by atoms with Gasteiger partial charge in [-0.15, -0.1) is 0 Å². The van der Waals surface area contributed by atoms with Gasteiger partial charge in [0.05, 0.1) is 7.14 Å². The molecule has 0 aromatic rings. The van der Waals surface area contributed by atoms with Crippen LogP contribution in [0.1, 0.15) is 20.8 Å². The molecule has 1 nitrogen and oxygen atoms in total. The van der Waals surface area contributed by atoms with Gasteiger partial charge in [-0.3, -0.25) is 0 Å². The van der Waals surface area contributed by atoms with Gasteiger partial charge in [-0.1, -0.05) is 20.8 Å². The minimum atomic E-state index is -1.86. The quantitative estimate of drug-likeness (QED) is 0.561. The average Bonchev–Trinajstić information content (AvgIpc) is 1.86. The normalized spacial score (nSPS) is 12.6. The molecule has 0 N–H and O–H groups in total. The third-order valence-electron chi connectivity index (χ3n) is 1.87. The minimum Gasteiger partial charge on any atom is -0.323 e. The molecule has 0 aromatic carbocycles. The van der Waals surface area contributed by atoms with Crippen molar-refractivity contribution in [1.82, 2.24) is 0 Å². The van der Waals surface area contributed by atoms with Crippen LogP contribution in [0.25, 0.3) is 0 Å². The molecule has 0 saturated heterocycles. The summed E-state index contributed by atoms with van der Waals surface area (Å²) >= 11 is 0. The van der Waals surface area contributed by atoms with Crippen LogP contribution in [-0.2, 0) is 4.57 Å². The van der Waals surface area contributed by atoms with Gasteiger partial charge in [0, 0.05) is 5.66 Å². The third-order valence-corrected chi connectivity index (χ3v) is 5.62. The molecule has 0 saturated carbocycles. The van der Waals surface area contributed by atoms with Crippen LogP contribution >= 0.6 is 7.14 Å². The highest BCUT2D eigenvalue weighted by atomic mass is 31.2. The maximum Gasteiger partial charge on any atom is 0.0898 e. The van der Waals surface area contributed by atoms with E-state index < -0.39 is 7.14 Å². The summed E-state index contributed by atoms with van der Waals surface area (Å²) in [5, 5.41) is 0. The molecule has 9 heavy (non-hydrogen) atoms. The molecule has 0 rings (SSSR count). The molecule has 0 spiro atoms. The van der Waals surface area contributed by atoms with E-state index in [0.717, 1.165) is 12.3 Å². The molecule has 1 unspecified atom stereocenters. The van der Waals surface area contributed by atoms with Crippen molar-refractivity contribution < 1.29 is 4.57 Å². The maximum absolute atomic E-state index is 11.6. The molecule has 0 aliphatic carbocycles. The fraction of sp³-hybridized carbons (Fsp3) is 0.857. The van der Waals surface area contributed by atoms with Gasteiger partial charge in [-0.25, -0.2) is 0 Å². The molecule has 0 fully saturated rings. The minimum absolute atomic E-state index is 0.132. The Hall–Kier alpha value is 0.230. The van der Waals surface area contributed by atoms with Gasteiger partial charge in [0.1, 0.15) is 0 Å². The van der Waals surface area contributed by atoms with E-state index in [1.54, 1.807) is 0 Å². The summed E-state index contributed by atoms with van der Waals surface area (Å²) in [6.07, 6.45) is 1.60. The van der Waals surface area contributed by atoms with Gasteiger partial charge in [0.2, 0.25) is 0 Å². The second-order valence-corrected chi connectivity index (χ2v) is 6.49. The molecule has 0 aliphatic rings. The Morgan fingerprint density at radius 2 is 1.78 bits per heavy atom. The van der Waals surface area contributed by atoms with Crippen LogP contribution in [0.15, 0.2) is 0 Å². The number of hydrogen-bond donors (Lipinski definition) is 0. The lowest BCUT2D eigenvalue weighted by Crippen LogP contribution is -2.02. The van der Waals surface area contributed by atoms with Crippen LogP contribution in [0, 0.1) is 6.92 Å². The Bertz CT molecular complexity index is 110. The summed E-state index contributed by atoms with van der Waals surface area (Å²) in [6, 6.07) is 0. The van der Waals surface area contributed by atoms with Crippen molar-refractivity contribution in [3.05, 3.63) is 6.92 Å². The third kappa shape index (κ3) is 2.14. The number of rotatable bonds is 3. The molecule has 0 amide bonds. The van der Waals surface area contributed by atoms with Crippen LogP contribution in [0.5, 0.6) is 0 Å². The molecule has 1 radical (unpaired) electrons. The zero-order chi connectivity index (χ0) is 7.49. The largest absolute Gasteiger partial charge is 0.323 e. The topological polar surface area (TPSA) is 17.1 Å². The first kappa shape index (κ1) is 9.23. The summed E-state index contributed by atoms with van der Waals surface area (Å²) < 4.78 is 11.6. The predicted octanol–water partition coefficient (Wildman–Crippen LogP) is 2.61. The van der Waals surface area contributed by atoms with Gasteiger partial charge >= 0.3 is 0 Å². The molecule has 1 atom stereocenters. The van der Waals surface area contributed by atoms with Gasteiger partial charge in [0.15, 0.2) is 0 Å². The van der Waals surface area contributed by atoms with Gasteiger partial charge in [-0.05, 0) is 19.2 Å². The van der Waals surface area contributed by atoms with Crippen molar-refractivity contribution in [2.45, 2.75) is 26.4 Å². The number of hydrogen-bond acceptors (Lipinski definition) is 1. The molecule has 0 aliphatic heterocycles. The lowest BCUT2D eigenvalue weighted by Gasteiger charge is -2.17. The van der Waals surface area contributed by atoms with Gasteiger partial charge < -0.3 is 4.57 Å². The van der Waals surface area contributed by atoms with E-state index in [9.17, 15) is 4.57 Å². The monoisotopic (exact) mass is 147 g/mol. The van der Waals surface area contributed by atoms with Crippen LogP contribution < -0.4 is 0 Å². The SMILES string of the molecule is [CH2]C(C)P(=O)(CC)CC. The molecule has 2 heteroatoms. The van der Waals surface area contributed by atoms with Crippen LogP contribution in [0.2, 0.25) is 0 Å². The average molecular weight is 147 g/mol. The van der Waals surface area contributed by atoms with Crippen molar-refractivity contribution in [2.75, 3.05) is 12.3 Å². The summed E-state index contributed by atoms with van der Waals surface area (Å²) in [7, 11) is -1.86. The summed E-state index contributed by atoms with van der Waals surface area (Å²) in [5.74, 6) is 0. The fourth-order valence-electron chi connectivity index (χ4n) is 0.847. The van der Waals surface area contributed by atoms with E-state index in [4.69, 9.17) is 0 Å². The zero-order valence-corrected chi connectivity index (χ0v) is 7.45. The lowest BCUT2D eigenvalue weighted by molar-refractivity contribution is 0.572. The molecule has 0 aromatic heterocycles. The van der Waals surface area contributed by atoms with E-state index >= 15 is 0 Å². The predicted molar refractivity (Wildman–Crippen MR) is 43.5 cm³/mol. The first-order chi connectivity index (χ1) is 4.06. The molecular formula is C7H16OP. The molecule has 0 bridgehead atoms. The van der Waals surface area contributed by atoms with Gasteiger partial charge in [-0.2, -0.15) is 0 Å². The van der Waals surface area contributed by atoms with E-state index in [2.05, 4.69) is 6.92 Å². The van der Waals surface area contributed by atoms with Crippen molar-refractivity contribution in [3.63, 3.8) is 0 Å². The lowest BCUT2D eigenvalue weighted by atomic mass is 10.6. The Morgan fingerprint density at radius 1 is 1.44 bits per heavy atom. The molecule has 0 heterocycles. The molecular weight excluding hydrogens is 131 g/mol. The van der Waals surface area contributed by atoms with Crippen molar-refractivity contribution >= 4 is 7.14 Å². The van der Waals surface area contributed by atoms with Crippen molar-refractivity contribution in [3.8, 4) is 0 Å². The van der Waals surface area contributed by atoms with E-state index in [-0.39, 0.29) is 5.66 Å². The summed E-state index contributed by atoms with van der Waals surface area (Å²) in [5.41, 5.74) is 0.132. The Morgan fingerprint density at radius 3 is 1.78 bits per heavy atom. The first-order valence-electron chi connectivity index (χ1n) is 3.47. The Kier molecular flexibility index (Phi) is 3.50. The fourth-order valence-corrected chi connectivity index (χ4v) is 2.54. The standard InChI is InChI=1S/C7H16OP/c1-5-9(8,6-2)7(3)4/h7H,3,5-6H2,1-2,4H3. The van der Waals surface area contributed by atoms with E-state index in [0.29, 0.717) is 0 Å². The van der Waals surface area contributed by atoms with Gasteiger partial charge in [0.25, 0.3) is 0 Å². The summed E-state index contributed by atoms with van der Waals surface area (Å²) in [4.78, 5) is 0. The van der Waals surface area contributed by atoms with Crippen LogP contribution in [-0.4, -0.2) is 18.0 Å². The first-order valence-corrected chi connectivity index (χ1v) is 5.62. The van der Waals surface area contributed by atoms with Crippen molar-refractivity contribution in [1.29, 1.82) is 0 Å². The highest BCUT2D eigenvalue weighted by Gasteiger charge is 2.20. The van der Waals surface area contributed by atoms with E-state index in [1.165, 1.54) is 0 Å². The smallest absolute Gasteiger partial charge is 0.0898 e. The molecule has 55 valence electrons. The van der Waals surface area contributed by atoms with E-state index in [1.807, 2.05) is 20.8 Å². The van der Waals surface area contributed by atoms with Crippen LogP contribution in [0.4, 0.5) is 0 Å². The highest BCUT2D eigenvalue weighted by molar-refractivity contribution is 7.64. The Balaban J connectivity index is 4.11. The second kappa shape index (κ2) is 3.41.